The molecule has 0 saturated carbocycles. The summed E-state index contributed by atoms with van der Waals surface area (Å²) in [6, 6.07) is 9.58. The van der Waals surface area contributed by atoms with Crippen molar-refractivity contribution in [3.05, 3.63) is 56.7 Å². The third kappa shape index (κ3) is 5.53. The van der Waals surface area contributed by atoms with Crippen LogP contribution in [0.1, 0.15) is 58.9 Å². The van der Waals surface area contributed by atoms with Gasteiger partial charge in [0.05, 0.1) is 28.3 Å². The lowest BCUT2D eigenvalue weighted by Gasteiger charge is -2.39. The Labute approximate surface area is 193 Å². The highest BCUT2D eigenvalue weighted by Gasteiger charge is 2.42. The van der Waals surface area contributed by atoms with Crippen LogP contribution in [-0.4, -0.2) is 23.0 Å². The first-order valence-electron chi connectivity index (χ1n) is 10.3. The number of nitriles is 1. The Hall–Kier alpha value is -2.23. The summed E-state index contributed by atoms with van der Waals surface area (Å²) < 4.78 is 0. The predicted octanol–water partition coefficient (Wildman–Crippen LogP) is 5.05. The zero-order valence-electron chi connectivity index (χ0n) is 18.6. The molecular weight excluding hydrogens is 430 g/mol. The second-order valence-electron chi connectivity index (χ2n) is 9.88. The fraction of sp³-hybridized carbons (Fsp3) is 0.458. The Morgan fingerprint density at radius 3 is 2.52 bits per heavy atom. The van der Waals surface area contributed by atoms with Crippen LogP contribution in [0.2, 0.25) is 5.02 Å². The molecule has 0 unspecified atom stereocenters. The molecular formula is C24H28ClN3O2S. The van der Waals surface area contributed by atoms with Gasteiger partial charge < -0.3 is 10.6 Å². The van der Waals surface area contributed by atoms with Gasteiger partial charge in [-0.2, -0.15) is 5.26 Å². The summed E-state index contributed by atoms with van der Waals surface area (Å²) in [5.74, 6) is -0.332. The SMILES string of the molecule is CC1(C)CC(=O)C2=C(C1)NC(SCC(=O)NC(C)(C)C)=C(C#N)[C@@H]2c1ccc(Cl)cc1. The van der Waals surface area contributed by atoms with Gasteiger partial charge in [-0.15, -0.1) is 0 Å². The monoisotopic (exact) mass is 457 g/mol. The molecule has 1 heterocycles. The van der Waals surface area contributed by atoms with E-state index in [1.165, 1.54) is 11.8 Å². The third-order valence-corrected chi connectivity index (χ3v) is 6.46. The number of allylic oxidation sites excluding steroid dienone is 3. The minimum Gasteiger partial charge on any atom is -0.352 e. The molecule has 164 valence electrons. The fourth-order valence-electron chi connectivity index (χ4n) is 4.07. The summed E-state index contributed by atoms with van der Waals surface area (Å²) in [5, 5.41) is 17.6. The molecule has 3 rings (SSSR count). The second-order valence-corrected chi connectivity index (χ2v) is 11.3. The zero-order chi connectivity index (χ0) is 23.0. The van der Waals surface area contributed by atoms with Gasteiger partial charge in [-0.05, 0) is 50.3 Å². The Bertz CT molecular complexity index is 1010. The average Bonchev–Trinajstić information content (AvgIpc) is 2.63. The number of hydrogen-bond acceptors (Lipinski definition) is 5. The number of benzene rings is 1. The van der Waals surface area contributed by atoms with Crippen LogP contribution in [0, 0.1) is 16.7 Å². The molecule has 1 amide bonds. The van der Waals surface area contributed by atoms with Crippen LogP contribution in [0.15, 0.2) is 46.1 Å². The highest BCUT2D eigenvalue weighted by Crippen LogP contribution is 2.47. The van der Waals surface area contributed by atoms with Gasteiger partial charge in [-0.3, -0.25) is 9.59 Å². The van der Waals surface area contributed by atoms with Crippen molar-refractivity contribution in [2.75, 3.05) is 5.75 Å². The van der Waals surface area contributed by atoms with Crippen molar-refractivity contribution in [3.8, 4) is 6.07 Å². The summed E-state index contributed by atoms with van der Waals surface area (Å²) in [5.41, 5.74) is 2.31. The summed E-state index contributed by atoms with van der Waals surface area (Å²) in [6.07, 6.45) is 1.14. The van der Waals surface area contributed by atoms with E-state index in [4.69, 9.17) is 11.6 Å². The van der Waals surface area contributed by atoms with Gasteiger partial charge in [0.25, 0.3) is 0 Å². The van der Waals surface area contributed by atoms with Crippen molar-refractivity contribution in [2.24, 2.45) is 5.41 Å². The van der Waals surface area contributed by atoms with Crippen molar-refractivity contribution in [3.63, 3.8) is 0 Å². The van der Waals surface area contributed by atoms with Gasteiger partial charge in [-0.25, -0.2) is 0 Å². The van der Waals surface area contributed by atoms with Crippen LogP contribution in [0.25, 0.3) is 0 Å². The number of ketones is 1. The molecule has 1 aromatic carbocycles. The van der Waals surface area contributed by atoms with Gasteiger partial charge in [0.15, 0.2) is 5.78 Å². The van der Waals surface area contributed by atoms with E-state index in [-0.39, 0.29) is 28.4 Å². The van der Waals surface area contributed by atoms with Crippen molar-refractivity contribution in [1.29, 1.82) is 5.26 Å². The van der Waals surface area contributed by atoms with Crippen LogP contribution in [0.5, 0.6) is 0 Å². The molecule has 0 aromatic heterocycles. The number of halogens is 1. The summed E-state index contributed by atoms with van der Waals surface area (Å²) in [4.78, 5) is 25.5. The number of dihydropyridines is 1. The van der Waals surface area contributed by atoms with E-state index in [1.807, 2.05) is 32.9 Å². The van der Waals surface area contributed by atoms with Crippen LogP contribution < -0.4 is 10.6 Å². The predicted molar refractivity (Wildman–Crippen MR) is 125 cm³/mol. The average molecular weight is 458 g/mol. The molecule has 0 spiro atoms. The number of amides is 1. The van der Waals surface area contributed by atoms with Crippen molar-refractivity contribution in [2.45, 2.75) is 58.9 Å². The highest BCUT2D eigenvalue weighted by atomic mass is 35.5. The first-order valence-corrected chi connectivity index (χ1v) is 11.6. The normalized spacial score (nSPS) is 20.7. The van der Waals surface area contributed by atoms with E-state index < -0.39 is 5.92 Å². The molecule has 0 bridgehead atoms. The lowest BCUT2D eigenvalue weighted by molar-refractivity contribution is -0.120. The minimum absolute atomic E-state index is 0.0565. The second kappa shape index (κ2) is 8.72. The van der Waals surface area contributed by atoms with Crippen LogP contribution in [-0.2, 0) is 9.59 Å². The number of nitrogens with one attached hydrogen (secondary N) is 2. The molecule has 0 saturated heterocycles. The Morgan fingerprint density at radius 1 is 1.29 bits per heavy atom. The fourth-order valence-corrected chi connectivity index (χ4v) is 5.06. The Kier molecular flexibility index (Phi) is 6.59. The standard InChI is InChI=1S/C24H28ClN3O2S/c1-23(2,3)28-19(30)13-31-22-16(12-26)20(14-6-8-15(25)9-7-14)21-17(27-22)10-24(4,5)11-18(21)29/h6-9,20,27H,10-11,13H2,1-5H3,(H,28,30)/t20-/m0/s1. The maximum atomic E-state index is 13.2. The van der Waals surface area contributed by atoms with E-state index in [2.05, 4.69) is 30.6 Å². The number of Topliss-reactive ketones (excluding diaryl/α,β-unsaturated/α-hetero) is 1. The van der Waals surface area contributed by atoms with Crippen molar-refractivity contribution >= 4 is 35.1 Å². The van der Waals surface area contributed by atoms with E-state index in [0.29, 0.717) is 34.0 Å². The van der Waals surface area contributed by atoms with E-state index >= 15 is 0 Å². The molecule has 7 heteroatoms. The highest BCUT2D eigenvalue weighted by molar-refractivity contribution is 8.03. The number of rotatable bonds is 4. The Balaban J connectivity index is 2.01. The molecule has 5 nitrogen and oxygen atoms in total. The van der Waals surface area contributed by atoms with E-state index in [0.717, 1.165) is 11.3 Å². The molecule has 2 N–H and O–H groups in total. The molecule has 31 heavy (non-hydrogen) atoms. The van der Waals surface area contributed by atoms with Crippen LogP contribution in [0.3, 0.4) is 0 Å². The van der Waals surface area contributed by atoms with Gasteiger partial charge in [0, 0.05) is 28.3 Å². The number of hydrogen-bond donors (Lipinski definition) is 2. The summed E-state index contributed by atoms with van der Waals surface area (Å²) in [6.45, 7) is 9.93. The number of carbonyl (C=O) groups excluding carboxylic acids is 2. The van der Waals surface area contributed by atoms with Gasteiger partial charge >= 0.3 is 0 Å². The maximum Gasteiger partial charge on any atom is 0.230 e. The van der Waals surface area contributed by atoms with Crippen molar-refractivity contribution < 1.29 is 9.59 Å². The molecule has 1 aliphatic heterocycles. The van der Waals surface area contributed by atoms with Crippen molar-refractivity contribution in [1.82, 2.24) is 10.6 Å². The summed E-state index contributed by atoms with van der Waals surface area (Å²) >= 11 is 7.37. The molecule has 1 atom stereocenters. The molecule has 1 aliphatic carbocycles. The molecule has 1 aromatic rings. The lowest BCUT2D eigenvalue weighted by Crippen LogP contribution is -2.42. The first-order chi connectivity index (χ1) is 14.4. The van der Waals surface area contributed by atoms with Gasteiger partial charge in [0.1, 0.15) is 0 Å². The maximum absolute atomic E-state index is 13.2. The van der Waals surface area contributed by atoms with Crippen LogP contribution >= 0.6 is 23.4 Å². The smallest absolute Gasteiger partial charge is 0.230 e. The number of carbonyl (C=O) groups is 2. The lowest BCUT2D eigenvalue weighted by atomic mass is 9.69. The van der Waals surface area contributed by atoms with E-state index in [1.54, 1.807) is 12.1 Å². The molecule has 0 radical (unpaired) electrons. The first kappa shape index (κ1) is 23.4. The third-order valence-electron chi connectivity index (χ3n) is 5.19. The largest absolute Gasteiger partial charge is 0.352 e. The van der Waals surface area contributed by atoms with Gasteiger partial charge in [-0.1, -0.05) is 49.3 Å². The Morgan fingerprint density at radius 2 is 1.94 bits per heavy atom. The topological polar surface area (TPSA) is 82.0 Å². The van der Waals surface area contributed by atoms with Gasteiger partial charge in [0.2, 0.25) is 5.91 Å². The molecule has 0 fully saturated rings. The quantitative estimate of drug-likeness (QED) is 0.660. The summed E-state index contributed by atoms with van der Waals surface area (Å²) in [7, 11) is 0. The minimum atomic E-state index is -0.463. The zero-order valence-corrected chi connectivity index (χ0v) is 20.1. The number of nitrogens with zero attached hydrogens (tertiary/aromatic N) is 1. The van der Waals surface area contributed by atoms with Crippen LogP contribution in [0.4, 0.5) is 0 Å². The molecule has 2 aliphatic rings. The number of thioether (sulfide) groups is 1. The van der Waals surface area contributed by atoms with E-state index in [9.17, 15) is 14.9 Å².